The summed E-state index contributed by atoms with van der Waals surface area (Å²) in [5, 5.41) is 0. The van der Waals surface area contributed by atoms with Crippen LogP contribution in [-0.2, 0) is 0 Å². The third-order valence-electron chi connectivity index (χ3n) is 5.68. The topological polar surface area (TPSA) is 32.5 Å². The quantitative estimate of drug-likeness (QED) is 0.798. The number of fused-ring (bicyclic) bond motifs is 1. The number of hydrogen-bond donors (Lipinski definition) is 1. The van der Waals surface area contributed by atoms with E-state index in [1.807, 2.05) is 0 Å². The van der Waals surface area contributed by atoms with Crippen LogP contribution >= 0.6 is 0 Å². The van der Waals surface area contributed by atoms with Gasteiger partial charge in [0, 0.05) is 25.2 Å². The molecule has 2 heterocycles. The van der Waals surface area contributed by atoms with Crippen molar-refractivity contribution in [1.82, 2.24) is 9.80 Å². The molecule has 3 rings (SSSR count). The van der Waals surface area contributed by atoms with Crippen LogP contribution in [0.25, 0.3) is 0 Å². The fourth-order valence-electron chi connectivity index (χ4n) is 4.45. The van der Waals surface area contributed by atoms with Gasteiger partial charge in [-0.25, -0.2) is 0 Å². The van der Waals surface area contributed by atoms with Gasteiger partial charge in [0.05, 0.1) is 5.54 Å². The molecular weight excluding hydrogens is 234 g/mol. The van der Waals surface area contributed by atoms with E-state index in [1.54, 1.807) is 0 Å². The van der Waals surface area contributed by atoms with Crippen molar-refractivity contribution in [2.45, 2.75) is 70.0 Å². The first-order valence-electron chi connectivity index (χ1n) is 8.38. The first kappa shape index (κ1) is 13.8. The van der Waals surface area contributed by atoms with Gasteiger partial charge in [0.1, 0.15) is 0 Å². The lowest BCUT2D eigenvalue weighted by Crippen LogP contribution is -2.61. The predicted molar refractivity (Wildman–Crippen MR) is 80.2 cm³/mol. The van der Waals surface area contributed by atoms with Crippen molar-refractivity contribution in [1.29, 1.82) is 0 Å². The highest BCUT2D eigenvalue weighted by Gasteiger charge is 2.54. The van der Waals surface area contributed by atoms with Gasteiger partial charge < -0.3 is 5.73 Å². The van der Waals surface area contributed by atoms with Crippen LogP contribution in [0.1, 0.15) is 52.4 Å². The normalized spacial score (nSPS) is 35.5. The fourth-order valence-corrected chi connectivity index (χ4v) is 4.45. The molecule has 2 saturated heterocycles. The van der Waals surface area contributed by atoms with Gasteiger partial charge >= 0.3 is 0 Å². The van der Waals surface area contributed by atoms with E-state index in [2.05, 4.69) is 23.6 Å². The minimum Gasteiger partial charge on any atom is -0.329 e. The second-order valence-electron chi connectivity index (χ2n) is 7.36. The molecular formula is C16H31N3. The van der Waals surface area contributed by atoms with E-state index < -0.39 is 0 Å². The van der Waals surface area contributed by atoms with Crippen LogP contribution in [-0.4, -0.2) is 53.6 Å². The maximum Gasteiger partial charge on any atom is 0.0501 e. The van der Waals surface area contributed by atoms with Gasteiger partial charge in [0.2, 0.25) is 0 Å². The Labute approximate surface area is 118 Å². The molecule has 3 aliphatic rings. The summed E-state index contributed by atoms with van der Waals surface area (Å²) in [7, 11) is 0. The molecule has 3 nitrogen and oxygen atoms in total. The molecule has 3 heteroatoms. The second kappa shape index (κ2) is 5.34. The van der Waals surface area contributed by atoms with Gasteiger partial charge in [-0.3, -0.25) is 9.80 Å². The van der Waals surface area contributed by atoms with Crippen LogP contribution in [0.3, 0.4) is 0 Å². The Bertz CT molecular complexity index is 313. The Hall–Kier alpha value is -0.120. The van der Waals surface area contributed by atoms with Crippen molar-refractivity contribution < 1.29 is 0 Å². The maximum absolute atomic E-state index is 6.33. The minimum atomic E-state index is 0.312. The Morgan fingerprint density at radius 2 is 2.05 bits per heavy atom. The summed E-state index contributed by atoms with van der Waals surface area (Å²) in [4.78, 5) is 5.57. The zero-order valence-electron chi connectivity index (χ0n) is 12.8. The average molecular weight is 265 g/mol. The number of nitrogens with zero attached hydrogens (tertiary/aromatic N) is 2. The smallest absolute Gasteiger partial charge is 0.0501 e. The van der Waals surface area contributed by atoms with Gasteiger partial charge in [-0.05, 0) is 57.5 Å². The molecule has 0 amide bonds. The van der Waals surface area contributed by atoms with Crippen LogP contribution in [0.5, 0.6) is 0 Å². The van der Waals surface area contributed by atoms with E-state index >= 15 is 0 Å². The standard InChI is InChI=1S/C16H31N3/c1-13(2)7-10-19(14-5-6-14)16(12-17)8-11-18-9-3-4-15(16)18/h13-15H,3-12,17H2,1-2H3. The van der Waals surface area contributed by atoms with Crippen molar-refractivity contribution in [3.05, 3.63) is 0 Å². The van der Waals surface area contributed by atoms with Crippen LogP contribution in [0, 0.1) is 5.92 Å². The van der Waals surface area contributed by atoms with Gasteiger partial charge in [0.25, 0.3) is 0 Å². The SMILES string of the molecule is CC(C)CCN(C1CC1)C1(CN)CCN2CCCC21. The molecule has 2 N–H and O–H groups in total. The third-order valence-corrected chi connectivity index (χ3v) is 5.68. The predicted octanol–water partition coefficient (Wildman–Crippen LogP) is 2.06. The number of hydrogen-bond acceptors (Lipinski definition) is 3. The zero-order valence-corrected chi connectivity index (χ0v) is 12.8. The average Bonchev–Trinajstić information content (AvgIpc) is 2.99. The van der Waals surface area contributed by atoms with Gasteiger partial charge in [-0.15, -0.1) is 0 Å². The molecule has 0 spiro atoms. The van der Waals surface area contributed by atoms with Crippen molar-refractivity contribution in [3.8, 4) is 0 Å². The Kier molecular flexibility index (Phi) is 3.89. The summed E-state index contributed by atoms with van der Waals surface area (Å²) in [6, 6.07) is 1.60. The molecule has 0 aromatic heterocycles. The Morgan fingerprint density at radius 3 is 2.68 bits per heavy atom. The summed E-state index contributed by atoms with van der Waals surface area (Å²) in [6.07, 6.45) is 8.21. The summed E-state index contributed by atoms with van der Waals surface area (Å²) >= 11 is 0. The van der Waals surface area contributed by atoms with E-state index in [9.17, 15) is 0 Å². The molecule has 0 radical (unpaired) electrons. The van der Waals surface area contributed by atoms with E-state index in [0.717, 1.165) is 24.5 Å². The van der Waals surface area contributed by atoms with Crippen LogP contribution < -0.4 is 5.73 Å². The first-order valence-corrected chi connectivity index (χ1v) is 8.38. The van der Waals surface area contributed by atoms with Gasteiger partial charge in [0.15, 0.2) is 0 Å². The highest BCUT2D eigenvalue weighted by molar-refractivity contribution is 5.12. The van der Waals surface area contributed by atoms with Crippen LogP contribution in [0.15, 0.2) is 0 Å². The molecule has 1 aliphatic carbocycles. The van der Waals surface area contributed by atoms with E-state index in [-0.39, 0.29) is 0 Å². The molecule has 2 atom stereocenters. The largest absolute Gasteiger partial charge is 0.329 e. The highest BCUT2D eigenvalue weighted by Crippen LogP contribution is 2.44. The zero-order chi connectivity index (χ0) is 13.5. The Balaban J connectivity index is 1.77. The number of rotatable bonds is 6. The highest BCUT2D eigenvalue weighted by atomic mass is 15.4. The minimum absolute atomic E-state index is 0.312. The van der Waals surface area contributed by atoms with E-state index in [4.69, 9.17) is 5.73 Å². The Morgan fingerprint density at radius 1 is 1.26 bits per heavy atom. The van der Waals surface area contributed by atoms with Gasteiger partial charge in [-0.2, -0.15) is 0 Å². The lowest BCUT2D eigenvalue weighted by Gasteiger charge is -2.45. The summed E-state index contributed by atoms with van der Waals surface area (Å²) < 4.78 is 0. The lowest BCUT2D eigenvalue weighted by molar-refractivity contribution is 0.0529. The third kappa shape index (κ3) is 2.45. The molecule has 2 unspecified atom stereocenters. The second-order valence-corrected chi connectivity index (χ2v) is 7.36. The summed E-state index contributed by atoms with van der Waals surface area (Å²) in [5.74, 6) is 0.803. The van der Waals surface area contributed by atoms with Crippen molar-refractivity contribution in [3.63, 3.8) is 0 Å². The van der Waals surface area contributed by atoms with Crippen molar-refractivity contribution in [2.24, 2.45) is 11.7 Å². The molecule has 3 fully saturated rings. The maximum atomic E-state index is 6.33. The number of nitrogens with two attached hydrogens (primary N) is 1. The molecule has 2 aliphatic heterocycles. The summed E-state index contributed by atoms with van der Waals surface area (Å²) in [6.45, 7) is 9.42. The summed E-state index contributed by atoms with van der Waals surface area (Å²) in [5.41, 5.74) is 6.64. The molecule has 1 saturated carbocycles. The van der Waals surface area contributed by atoms with Gasteiger partial charge in [-0.1, -0.05) is 13.8 Å². The molecule has 110 valence electrons. The van der Waals surface area contributed by atoms with Crippen molar-refractivity contribution >= 4 is 0 Å². The molecule has 0 bridgehead atoms. The van der Waals surface area contributed by atoms with E-state index in [1.165, 1.54) is 58.2 Å². The molecule has 0 aromatic rings. The lowest BCUT2D eigenvalue weighted by atomic mass is 9.85. The first-order chi connectivity index (χ1) is 9.17. The monoisotopic (exact) mass is 265 g/mol. The van der Waals surface area contributed by atoms with E-state index in [0.29, 0.717) is 5.54 Å². The van der Waals surface area contributed by atoms with Crippen molar-refractivity contribution in [2.75, 3.05) is 26.2 Å². The molecule has 19 heavy (non-hydrogen) atoms. The fraction of sp³-hybridized carbons (Fsp3) is 1.00. The van der Waals surface area contributed by atoms with Crippen LogP contribution in [0.4, 0.5) is 0 Å². The van der Waals surface area contributed by atoms with Crippen LogP contribution in [0.2, 0.25) is 0 Å². The molecule has 0 aromatic carbocycles.